The summed E-state index contributed by atoms with van der Waals surface area (Å²) in [6.07, 6.45) is 10.3. The Morgan fingerprint density at radius 1 is 0.742 bits per heavy atom. The van der Waals surface area contributed by atoms with Crippen molar-refractivity contribution in [2.45, 2.75) is 52.9 Å². The van der Waals surface area contributed by atoms with Crippen molar-refractivity contribution in [1.82, 2.24) is 9.55 Å². The molecule has 3 aromatic carbocycles. The van der Waals surface area contributed by atoms with Gasteiger partial charge < -0.3 is 0 Å². The molecule has 4 aromatic rings. The molecule has 2 heteroatoms. The van der Waals surface area contributed by atoms with E-state index in [2.05, 4.69) is 98.3 Å². The fourth-order valence-corrected chi connectivity index (χ4v) is 4.41. The average Bonchev–Trinajstić information content (AvgIpc) is 3.26. The van der Waals surface area contributed by atoms with E-state index in [1.807, 2.05) is 6.20 Å². The van der Waals surface area contributed by atoms with E-state index in [-0.39, 0.29) is 0 Å². The van der Waals surface area contributed by atoms with E-state index in [0.717, 1.165) is 17.8 Å². The van der Waals surface area contributed by atoms with Crippen molar-refractivity contribution >= 4 is 0 Å². The highest BCUT2D eigenvalue weighted by Crippen LogP contribution is 2.30. The minimum atomic E-state index is 0.996. The Hall–Kier alpha value is -3.13. The van der Waals surface area contributed by atoms with E-state index in [4.69, 9.17) is 4.98 Å². The van der Waals surface area contributed by atoms with Crippen LogP contribution in [0.25, 0.3) is 28.2 Å². The predicted molar refractivity (Wildman–Crippen MR) is 132 cm³/mol. The molecule has 0 aliphatic rings. The lowest BCUT2D eigenvalue weighted by Crippen LogP contribution is -2.02. The minimum Gasteiger partial charge on any atom is -0.299 e. The molecule has 0 amide bonds. The summed E-state index contributed by atoms with van der Waals surface area (Å²) >= 11 is 0. The van der Waals surface area contributed by atoms with Crippen LogP contribution in [0, 0.1) is 13.8 Å². The van der Waals surface area contributed by atoms with Gasteiger partial charge in [0.2, 0.25) is 0 Å². The monoisotopic (exact) mass is 408 g/mol. The fraction of sp³-hybridized carbons (Fsp3) is 0.276. The summed E-state index contributed by atoms with van der Waals surface area (Å²) in [4.78, 5) is 4.70. The van der Waals surface area contributed by atoms with Crippen LogP contribution >= 0.6 is 0 Å². The molecule has 0 saturated carbocycles. The largest absolute Gasteiger partial charge is 0.299 e. The van der Waals surface area contributed by atoms with Gasteiger partial charge >= 0.3 is 0 Å². The van der Waals surface area contributed by atoms with Gasteiger partial charge in [-0.15, -0.1) is 0 Å². The van der Waals surface area contributed by atoms with Crippen LogP contribution in [0.15, 0.2) is 79.1 Å². The molecular formula is C29H32N2. The SMILES string of the molecule is CCCCCCc1ccc(-c2nccn2-c2c(C)cc(-c3ccccc3)cc2C)cc1. The average molecular weight is 409 g/mol. The third-order valence-electron chi connectivity index (χ3n) is 6.01. The molecule has 1 aromatic heterocycles. The zero-order valence-electron chi connectivity index (χ0n) is 18.9. The molecule has 0 unspecified atom stereocenters. The molecule has 158 valence electrons. The lowest BCUT2D eigenvalue weighted by Gasteiger charge is -2.16. The van der Waals surface area contributed by atoms with Crippen molar-refractivity contribution in [1.29, 1.82) is 0 Å². The van der Waals surface area contributed by atoms with Gasteiger partial charge in [0.25, 0.3) is 0 Å². The number of hydrogen-bond donors (Lipinski definition) is 0. The Morgan fingerprint density at radius 2 is 1.45 bits per heavy atom. The van der Waals surface area contributed by atoms with Crippen molar-refractivity contribution in [2.75, 3.05) is 0 Å². The highest BCUT2D eigenvalue weighted by molar-refractivity contribution is 5.70. The molecule has 0 spiro atoms. The molecule has 0 aliphatic heterocycles. The predicted octanol–water partition coefficient (Wildman–Crippen LogP) is 7.95. The zero-order chi connectivity index (χ0) is 21.6. The van der Waals surface area contributed by atoms with Gasteiger partial charge in [-0.2, -0.15) is 0 Å². The first kappa shape index (κ1) is 21.1. The Balaban J connectivity index is 1.61. The van der Waals surface area contributed by atoms with Crippen molar-refractivity contribution in [3.05, 3.63) is 95.8 Å². The first-order chi connectivity index (χ1) is 15.2. The van der Waals surface area contributed by atoms with Crippen LogP contribution in [0.1, 0.15) is 49.3 Å². The Morgan fingerprint density at radius 3 is 2.13 bits per heavy atom. The van der Waals surface area contributed by atoms with Gasteiger partial charge in [-0.25, -0.2) is 4.98 Å². The molecule has 0 atom stereocenters. The minimum absolute atomic E-state index is 0.996. The maximum atomic E-state index is 4.70. The van der Waals surface area contributed by atoms with Crippen molar-refractivity contribution < 1.29 is 0 Å². The van der Waals surface area contributed by atoms with E-state index in [1.165, 1.54) is 59.2 Å². The van der Waals surface area contributed by atoms with Gasteiger partial charge in [0.1, 0.15) is 5.82 Å². The van der Waals surface area contributed by atoms with Gasteiger partial charge in [-0.3, -0.25) is 4.57 Å². The van der Waals surface area contributed by atoms with Crippen LogP contribution in [-0.4, -0.2) is 9.55 Å². The number of nitrogens with zero attached hydrogens (tertiary/aromatic N) is 2. The Bertz CT molecular complexity index is 1100. The second-order valence-electron chi connectivity index (χ2n) is 8.45. The van der Waals surface area contributed by atoms with Crippen LogP contribution in [-0.2, 0) is 6.42 Å². The summed E-state index contributed by atoms with van der Waals surface area (Å²) in [5.41, 5.74) is 8.81. The normalized spacial score (nSPS) is 11.1. The maximum absolute atomic E-state index is 4.70. The van der Waals surface area contributed by atoms with E-state index in [0.29, 0.717) is 0 Å². The summed E-state index contributed by atoms with van der Waals surface area (Å²) < 4.78 is 2.23. The molecule has 0 aliphatic carbocycles. The van der Waals surface area contributed by atoms with Crippen molar-refractivity contribution in [2.24, 2.45) is 0 Å². The third kappa shape index (κ3) is 4.80. The first-order valence-electron chi connectivity index (χ1n) is 11.5. The Labute approximate surface area is 186 Å². The molecule has 0 fully saturated rings. The zero-order valence-corrected chi connectivity index (χ0v) is 18.9. The maximum Gasteiger partial charge on any atom is 0.144 e. The number of unbranched alkanes of at least 4 members (excludes halogenated alkanes) is 3. The number of rotatable bonds is 8. The van der Waals surface area contributed by atoms with E-state index in [1.54, 1.807) is 0 Å². The summed E-state index contributed by atoms with van der Waals surface area (Å²) in [5, 5.41) is 0. The van der Waals surface area contributed by atoms with Crippen molar-refractivity contribution in [3.8, 4) is 28.2 Å². The lowest BCUT2D eigenvalue weighted by molar-refractivity contribution is 0.667. The molecule has 4 rings (SSSR count). The number of aromatic nitrogens is 2. The van der Waals surface area contributed by atoms with E-state index < -0.39 is 0 Å². The van der Waals surface area contributed by atoms with Gasteiger partial charge in [-0.1, -0.05) is 80.8 Å². The molecule has 0 bridgehead atoms. The molecule has 1 heterocycles. The molecule has 31 heavy (non-hydrogen) atoms. The van der Waals surface area contributed by atoms with Crippen LogP contribution < -0.4 is 0 Å². The van der Waals surface area contributed by atoms with Crippen LogP contribution in [0.4, 0.5) is 0 Å². The standard InChI is InChI=1S/C29H32N2/c1-4-5-6-8-11-24-14-16-26(17-15-24)29-30-18-19-31(29)28-22(2)20-27(21-23(28)3)25-12-9-7-10-13-25/h7,9-10,12-21H,4-6,8,11H2,1-3H3. The molecular weight excluding hydrogens is 376 g/mol. The molecule has 2 nitrogen and oxygen atoms in total. The van der Waals surface area contributed by atoms with Gasteiger partial charge in [0.15, 0.2) is 0 Å². The van der Waals surface area contributed by atoms with Gasteiger partial charge in [0, 0.05) is 18.0 Å². The topological polar surface area (TPSA) is 17.8 Å². The number of hydrogen-bond acceptors (Lipinski definition) is 1. The molecule has 0 radical (unpaired) electrons. The smallest absolute Gasteiger partial charge is 0.144 e. The lowest BCUT2D eigenvalue weighted by atomic mass is 9.98. The number of imidazole rings is 1. The van der Waals surface area contributed by atoms with Crippen LogP contribution in [0.5, 0.6) is 0 Å². The second-order valence-corrected chi connectivity index (χ2v) is 8.45. The summed E-state index contributed by atoms with van der Waals surface area (Å²) in [6, 6.07) is 24.1. The third-order valence-corrected chi connectivity index (χ3v) is 6.01. The quantitative estimate of drug-likeness (QED) is 0.270. The summed E-state index contributed by atoms with van der Waals surface area (Å²) in [6.45, 7) is 6.64. The summed E-state index contributed by atoms with van der Waals surface area (Å²) in [7, 11) is 0. The number of aryl methyl sites for hydroxylation is 3. The summed E-state index contributed by atoms with van der Waals surface area (Å²) in [5.74, 6) is 0.996. The van der Waals surface area contributed by atoms with Crippen LogP contribution in [0.3, 0.4) is 0 Å². The fourth-order valence-electron chi connectivity index (χ4n) is 4.41. The van der Waals surface area contributed by atoms with E-state index in [9.17, 15) is 0 Å². The number of benzene rings is 3. The van der Waals surface area contributed by atoms with Crippen molar-refractivity contribution in [3.63, 3.8) is 0 Å². The van der Waals surface area contributed by atoms with Crippen LogP contribution in [0.2, 0.25) is 0 Å². The highest BCUT2D eigenvalue weighted by Gasteiger charge is 2.13. The van der Waals surface area contributed by atoms with Gasteiger partial charge in [-0.05, 0) is 66.6 Å². The molecule has 0 N–H and O–H groups in total. The van der Waals surface area contributed by atoms with Gasteiger partial charge in [0.05, 0.1) is 5.69 Å². The first-order valence-corrected chi connectivity index (χ1v) is 11.5. The second kappa shape index (κ2) is 9.78. The highest BCUT2D eigenvalue weighted by atomic mass is 15.1. The van der Waals surface area contributed by atoms with E-state index >= 15 is 0 Å². The Kier molecular flexibility index (Phi) is 6.66. The molecule has 0 saturated heterocycles.